The van der Waals surface area contributed by atoms with Crippen LogP contribution in [0.2, 0.25) is 0 Å². The third kappa shape index (κ3) is 4.33. The van der Waals surface area contributed by atoms with Crippen LogP contribution in [0.5, 0.6) is 0 Å². The van der Waals surface area contributed by atoms with E-state index in [4.69, 9.17) is 4.74 Å². The first kappa shape index (κ1) is 17.0. The molecule has 0 bridgehead atoms. The quantitative estimate of drug-likeness (QED) is 0.748. The van der Waals surface area contributed by atoms with Crippen molar-refractivity contribution in [2.24, 2.45) is 5.92 Å². The fourth-order valence-electron chi connectivity index (χ4n) is 3.17. The fourth-order valence-corrected chi connectivity index (χ4v) is 3.17. The van der Waals surface area contributed by atoms with Gasteiger partial charge >= 0.3 is 5.97 Å². The first-order valence-corrected chi connectivity index (χ1v) is 8.63. The lowest BCUT2D eigenvalue weighted by atomic mass is 9.85. The molecule has 0 spiro atoms. The zero-order chi connectivity index (χ0) is 15.9. The molecule has 0 saturated carbocycles. The summed E-state index contributed by atoms with van der Waals surface area (Å²) in [5, 5.41) is 0. The van der Waals surface area contributed by atoms with Crippen LogP contribution in [0.1, 0.15) is 51.5 Å². The van der Waals surface area contributed by atoms with Gasteiger partial charge in [-0.3, -0.25) is 4.79 Å². The lowest BCUT2D eigenvalue weighted by molar-refractivity contribution is -0.154. The molecule has 0 aromatic heterocycles. The van der Waals surface area contributed by atoms with Crippen LogP contribution < -0.4 is 0 Å². The number of ether oxygens (including phenoxy) is 1. The topological polar surface area (TPSA) is 29.5 Å². The van der Waals surface area contributed by atoms with E-state index in [0.717, 1.165) is 44.5 Å². The van der Waals surface area contributed by atoms with Crippen LogP contribution >= 0.6 is 0 Å². The van der Waals surface area contributed by atoms with Gasteiger partial charge in [-0.15, -0.1) is 0 Å². The van der Waals surface area contributed by atoms with Crippen LogP contribution in [0.15, 0.2) is 30.3 Å². The average Bonchev–Trinajstić information content (AvgIpc) is 2.56. The molecule has 2 rings (SSSR count). The number of hydrogen-bond donors (Lipinski definition) is 0. The molecule has 0 aliphatic carbocycles. The Morgan fingerprint density at radius 1 is 1.23 bits per heavy atom. The normalized spacial score (nSPS) is 19.6. The van der Waals surface area contributed by atoms with Crippen molar-refractivity contribution in [2.45, 2.75) is 52.1 Å². The molecule has 0 radical (unpaired) electrons. The molecule has 1 saturated heterocycles. The van der Waals surface area contributed by atoms with Crippen LogP contribution in [0.3, 0.4) is 0 Å². The lowest BCUT2D eigenvalue weighted by Crippen LogP contribution is -2.38. The van der Waals surface area contributed by atoms with E-state index in [2.05, 4.69) is 25.7 Å². The third-order valence-corrected chi connectivity index (χ3v) is 4.89. The molecule has 1 fully saturated rings. The summed E-state index contributed by atoms with van der Waals surface area (Å²) < 4.78 is 5.86. The Morgan fingerprint density at radius 3 is 2.41 bits per heavy atom. The molecular weight excluding hydrogens is 274 g/mol. The largest absolute Gasteiger partial charge is 0.462 e. The highest BCUT2D eigenvalue weighted by Gasteiger charge is 2.30. The molecule has 3 heteroatoms. The summed E-state index contributed by atoms with van der Waals surface area (Å²) in [6, 6.07) is 10.1. The Bertz CT molecular complexity index is 452. The van der Waals surface area contributed by atoms with Gasteiger partial charge in [-0.25, -0.2) is 0 Å². The predicted molar refractivity (Wildman–Crippen MR) is 89.9 cm³/mol. The molecule has 0 amide bonds. The molecule has 2 atom stereocenters. The highest BCUT2D eigenvalue weighted by molar-refractivity contribution is 5.78. The number of carbonyl (C=O) groups is 1. The van der Waals surface area contributed by atoms with Gasteiger partial charge in [-0.05, 0) is 30.9 Å². The highest BCUT2D eigenvalue weighted by Crippen LogP contribution is 2.29. The number of likely N-dealkylation sites (tertiary alicyclic amines) is 1. The first-order valence-electron chi connectivity index (χ1n) is 8.63. The minimum Gasteiger partial charge on any atom is -0.462 e. The van der Waals surface area contributed by atoms with E-state index in [9.17, 15) is 4.79 Å². The predicted octanol–water partition coefficient (Wildman–Crippen LogP) is 3.84. The van der Waals surface area contributed by atoms with E-state index in [1.54, 1.807) is 0 Å². The molecule has 1 heterocycles. The monoisotopic (exact) mass is 303 g/mol. The maximum absolute atomic E-state index is 12.7. The molecule has 1 aromatic rings. The Labute approximate surface area is 134 Å². The van der Waals surface area contributed by atoms with Gasteiger partial charge in [0.1, 0.15) is 6.10 Å². The Hall–Kier alpha value is -1.35. The number of nitrogens with zero attached hydrogens (tertiary/aromatic N) is 1. The number of carbonyl (C=O) groups excluding carboxylic acids is 1. The molecule has 1 aliphatic heterocycles. The van der Waals surface area contributed by atoms with Gasteiger partial charge in [0.05, 0.1) is 5.92 Å². The third-order valence-electron chi connectivity index (χ3n) is 4.89. The van der Waals surface area contributed by atoms with Gasteiger partial charge in [-0.2, -0.15) is 0 Å². The number of rotatable bonds is 6. The zero-order valence-corrected chi connectivity index (χ0v) is 14.1. The molecular formula is C19H29NO2. The molecule has 122 valence electrons. The fraction of sp³-hybridized carbons (Fsp3) is 0.632. The maximum Gasteiger partial charge on any atom is 0.313 e. The number of hydrogen-bond acceptors (Lipinski definition) is 3. The van der Waals surface area contributed by atoms with E-state index in [1.807, 2.05) is 30.3 Å². The minimum absolute atomic E-state index is 0.0458. The van der Waals surface area contributed by atoms with Gasteiger partial charge in [0.15, 0.2) is 0 Å². The van der Waals surface area contributed by atoms with E-state index < -0.39 is 0 Å². The van der Waals surface area contributed by atoms with Gasteiger partial charge in [0.2, 0.25) is 0 Å². The summed E-state index contributed by atoms with van der Waals surface area (Å²) in [4.78, 5) is 15.1. The molecule has 0 N–H and O–H groups in total. The summed E-state index contributed by atoms with van der Waals surface area (Å²) in [5.41, 5.74) is 1.08. The van der Waals surface area contributed by atoms with Crippen molar-refractivity contribution in [3.05, 3.63) is 35.9 Å². The van der Waals surface area contributed by atoms with Crippen LogP contribution in [-0.2, 0) is 9.53 Å². The van der Waals surface area contributed by atoms with Gasteiger partial charge < -0.3 is 9.64 Å². The van der Waals surface area contributed by atoms with Crippen molar-refractivity contribution < 1.29 is 9.53 Å². The van der Waals surface area contributed by atoms with Crippen molar-refractivity contribution in [1.29, 1.82) is 0 Å². The average molecular weight is 303 g/mol. The summed E-state index contributed by atoms with van der Waals surface area (Å²) >= 11 is 0. The molecule has 22 heavy (non-hydrogen) atoms. The van der Waals surface area contributed by atoms with E-state index in [-0.39, 0.29) is 18.0 Å². The Morgan fingerprint density at radius 2 is 1.86 bits per heavy atom. The first-order chi connectivity index (χ1) is 10.7. The molecule has 1 aliphatic rings. The van der Waals surface area contributed by atoms with Crippen molar-refractivity contribution in [2.75, 3.05) is 19.6 Å². The second kappa shape index (κ2) is 8.33. The van der Waals surface area contributed by atoms with Crippen molar-refractivity contribution in [1.82, 2.24) is 4.90 Å². The van der Waals surface area contributed by atoms with E-state index >= 15 is 0 Å². The molecule has 0 unspecified atom stereocenters. The van der Waals surface area contributed by atoms with Gasteiger partial charge in [0.25, 0.3) is 0 Å². The van der Waals surface area contributed by atoms with Gasteiger partial charge in [0, 0.05) is 13.1 Å². The number of esters is 1. The van der Waals surface area contributed by atoms with Crippen LogP contribution in [-0.4, -0.2) is 36.6 Å². The maximum atomic E-state index is 12.7. The zero-order valence-electron chi connectivity index (χ0n) is 14.1. The van der Waals surface area contributed by atoms with Crippen LogP contribution in [0.25, 0.3) is 0 Å². The van der Waals surface area contributed by atoms with Crippen molar-refractivity contribution >= 4 is 5.97 Å². The van der Waals surface area contributed by atoms with Crippen LogP contribution in [0.4, 0.5) is 0 Å². The number of benzene rings is 1. The highest BCUT2D eigenvalue weighted by atomic mass is 16.5. The summed E-state index contributed by atoms with van der Waals surface area (Å²) in [6.45, 7) is 9.61. The Balaban J connectivity index is 2.01. The standard InChI is InChI=1S/C19H29NO2/c1-4-15(3)18(16-9-7-6-8-10-16)19(21)22-17-11-13-20(5-2)14-12-17/h6-10,15,17-18H,4-5,11-14H2,1-3H3/t15-,18-/m0/s1. The van der Waals surface area contributed by atoms with E-state index in [1.165, 1.54) is 0 Å². The van der Waals surface area contributed by atoms with Crippen molar-refractivity contribution in [3.8, 4) is 0 Å². The van der Waals surface area contributed by atoms with Crippen molar-refractivity contribution in [3.63, 3.8) is 0 Å². The Kier molecular flexibility index (Phi) is 6.44. The lowest BCUT2D eigenvalue weighted by Gasteiger charge is -2.32. The number of piperidine rings is 1. The summed E-state index contributed by atoms with van der Waals surface area (Å²) in [5.74, 6) is 0.108. The summed E-state index contributed by atoms with van der Waals surface area (Å²) in [6.07, 6.45) is 2.98. The minimum atomic E-state index is -0.143. The SMILES string of the molecule is CC[C@H](C)[C@H](C(=O)OC1CCN(CC)CC1)c1ccccc1. The van der Waals surface area contributed by atoms with E-state index in [0.29, 0.717) is 5.92 Å². The second-order valence-electron chi connectivity index (χ2n) is 6.34. The smallest absolute Gasteiger partial charge is 0.313 e. The van der Waals surface area contributed by atoms with Crippen LogP contribution in [0, 0.1) is 5.92 Å². The second-order valence-corrected chi connectivity index (χ2v) is 6.34. The molecule has 1 aromatic carbocycles. The van der Waals surface area contributed by atoms with Gasteiger partial charge in [-0.1, -0.05) is 57.5 Å². The molecule has 3 nitrogen and oxygen atoms in total. The summed E-state index contributed by atoms with van der Waals surface area (Å²) in [7, 11) is 0.